The molecule has 0 aliphatic carbocycles. The van der Waals surface area contributed by atoms with E-state index in [2.05, 4.69) is 38.6 Å². The molecule has 20 heavy (non-hydrogen) atoms. The number of carbonyl (C=O) groups excluding carboxylic acids is 1. The van der Waals surface area contributed by atoms with Gasteiger partial charge in [0.2, 0.25) is 17.8 Å². The maximum Gasteiger partial charge on any atom is 0.234 e. The van der Waals surface area contributed by atoms with E-state index in [0.29, 0.717) is 11.8 Å². The Morgan fingerprint density at radius 2 is 2.10 bits per heavy atom. The Balaban J connectivity index is 2.19. The van der Waals surface area contributed by atoms with E-state index in [1.54, 1.807) is 18.3 Å². The van der Waals surface area contributed by atoms with Crippen molar-refractivity contribution in [3.8, 4) is 0 Å². The molecule has 1 amide bonds. The van der Waals surface area contributed by atoms with Crippen molar-refractivity contribution in [2.45, 2.75) is 33.2 Å². The highest BCUT2D eigenvalue weighted by Crippen LogP contribution is 2.25. The van der Waals surface area contributed by atoms with Gasteiger partial charge in [-0.1, -0.05) is 13.0 Å². The number of hydrogen-bond donors (Lipinski definition) is 2. The summed E-state index contributed by atoms with van der Waals surface area (Å²) in [5.74, 6) is 1.11. The van der Waals surface area contributed by atoms with Crippen molar-refractivity contribution in [1.29, 1.82) is 0 Å². The van der Waals surface area contributed by atoms with Crippen molar-refractivity contribution in [2.24, 2.45) is 0 Å². The van der Waals surface area contributed by atoms with E-state index in [0.717, 1.165) is 6.42 Å². The molecule has 0 aliphatic heterocycles. The zero-order chi connectivity index (χ0) is 14.5. The highest BCUT2D eigenvalue weighted by Gasteiger charge is 2.13. The summed E-state index contributed by atoms with van der Waals surface area (Å²) in [4.78, 5) is 24.8. The molecule has 2 aromatic heterocycles. The van der Waals surface area contributed by atoms with Gasteiger partial charge >= 0.3 is 0 Å². The maximum absolute atomic E-state index is 11.1. The van der Waals surface area contributed by atoms with Gasteiger partial charge in [-0.25, -0.2) is 0 Å². The van der Waals surface area contributed by atoms with Gasteiger partial charge in [0.15, 0.2) is 0 Å². The van der Waals surface area contributed by atoms with Crippen molar-refractivity contribution >= 4 is 29.1 Å². The number of rotatable bonds is 5. The van der Waals surface area contributed by atoms with Crippen LogP contribution >= 0.6 is 11.3 Å². The van der Waals surface area contributed by atoms with Crippen molar-refractivity contribution in [3.05, 3.63) is 28.2 Å². The zero-order valence-electron chi connectivity index (χ0n) is 11.7. The average molecular weight is 291 g/mol. The number of nitrogens with zero attached hydrogens (tertiary/aromatic N) is 3. The van der Waals surface area contributed by atoms with Crippen LogP contribution < -0.4 is 10.6 Å². The van der Waals surface area contributed by atoms with Crippen molar-refractivity contribution in [1.82, 2.24) is 15.0 Å². The molecule has 2 aromatic rings. The second kappa shape index (κ2) is 6.42. The van der Waals surface area contributed by atoms with Crippen molar-refractivity contribution < 1.29 is 4.79 Å². The summed E-state index contributed by atoms with van der Waals surface area (Å²) >= 11 is 1.69. The van der Waals surface area contributed by atoms with Gasteiger partial charge in [0.05, 0.1) is 6.04 Å². The summed E-state index contributed by atoms with van der Waals surface area (Å²) in [5.41, 5.74) is 0. The summed E-state index contributed by atoms with van der Waals surface area (Å²) in [6, 6.07) is 4.25. The molecule has 0 radical (unpaired) electrons. The molecule has 0 saturated heterocycles. The number of nitrogens with one attached hydrogen (secondary N) is 2. The molecule has 106 valence electrons. The molecule has 7 heteroatoms. The quantitative estimate of drug-likeness (QED) is 0.885. The minimum atomic E-state index is -0.202. The Bertz CT molecular complexity index is 584. The van der Waals surface area contributed by atoms with Crippen LogP contribution in [0.2, 0.25) is 0 Å². The van der Waals surface area contributed by atoms with E-state index < -0.39 is 0 Å². The molecule has 0 aromatic carbocycles. The van der Waals surface area contributed by atoms with Gasteiger partial charge < -0.3 is 5.32 Å². The number of amides is 1. The molecule has 0 aliphatic rings. The van der Waals surface area contributed by atoms with Gasteiger partial charge in [0.25, 0.3) is 0 Å². The van der Waals surface area contributed by atoms with Gasteiger partial charge in [0, 0.05) is 11.8 Å². The third-order valence-electron chi connectivity index (χ3n) is 2.63. The third-order valence-corrected chi connectivity index (χ3v) is 3.62. The second-order valence-corrected chi connectivity index (χ2v) is 5.31. The molecule has 0 spiro atoms. The Labute approximate surface area is 121 Å². The first-order valence-electron chi connectivity index (χ1n) is 6.38. The molecule has 1 atom stereocenters. The van der Waals surface area contributed by atoms with Crippen LogP contribution in [0.15, 0.2) is 17.5 Å². The number of thiophene rings is 1. The summed E-state index contributed by atoms with van der Waals surface area (Å²) in [7, 11) is 0. The molecule has 0 bridgehead atoms. The first-order valence-corrected chi connectivity index (χ1v) is 7.26. The molecule has 2 N–H and O–H groups in total. The van der Waals surface area contributed by atoms with Crippen LogP contribution in [-0.4, -0.2) is 20.9 Å². The van der Waals surface area contributed by atoms with Crippen molar-refractivity contribution in [2.75, 3.05) is 10.6 Å². The topological polar surface area (TPSA) is 79.8 Å². The summed E-state index contributed by atoms with van der Waals surface area (Å²) in [5, 5.41) is 7.90. The highest BCUT2D eigenvalue weighted by atomic mass is 32.1. The van der Waals surface area contributed by atoms with E-state index in [4.69, 9.17) is 0 Å². The fourth-order valence-electron chi connectivity index (χ4n) is 1.78. The summed E-state index contributed by atoms with van der Waals surface area (Å²) < 4.78 is 0. The van der Waals surface area contributed by atoms with Crippen LogP contribution in [0.5, 0.6) is 0 Å². The molecule has 0 saturated carbocycles. The fraction of sp³-hybridized carbons (Fsp3) is 0.385. The first kappa shape index (κ1) is 14.4. The Morgan fingerprint density at radius 3 is 2.70 bits per heavy atom. The molecule has 2 rings (SSSR count). The normalized spacial score (nSPS) is 11.9. The molecule has 0 fully saturated rings. The summed E-state index contributed by atoms with van der Waals surface area (Å²) in [6.07, 6.45) is 0.917. The monoisotopic (exact) mass is 291 g/mol. The standard InChI is InChI=1S/C13H17N5OS/c1-4-10(11-6-5-7-20-11)17-13-15-8(2)14-12(18-13)16-9(3)19/h5-7,10H,4H2,1-3H3,(H2,14,15,16,17,18,19). The van der Waals surface area contributed by atoms with E-state index in [-0.39, 0.29) is 17.9 Å². The first-order chi connectivity index (χ1) is 9.58. The molecular weight excluding hydrogens is 274 g/mol. The molecular formula is C13H17N5OS. The fourth-order valence-corrected chi connectivity index (χ4v) is 2.64. The second-order valence-electron chi connectivity index (χ2n) is 4.33. The van der Waals surface area contributed by atoms with Crippen LogP contribution in [0.1, 0.15) is 37.0 Å². The van der Waals surface area contributed by atoms with Crippen LogP contribution in [0.3, 0.4) is 0 Å². The van der Waals surface area contributed by atoms with Crippen molar-refractivity contribution in [3.63, 3.8) is 0 Å². The van der Waals surface area contributed by atoms with Gasteiger partial charge in [-0.05, 0) is 24.8 Å². The predicted molar refractivity (Wildman–Crippen MR) is 79.8 cm³/mol. The average Bonchev–Trinajstić information content (AvgIpc) is 2.88. The smallest absolute Gasteiger partial charge is 0.234 e. The lowest BCUT2D eigenvalue weighted by atomic mass is 10.2. The lowest BCUT2D eigenvalue weighted by molar-refractivity contribution is -0.114. The van der Waals surface area contributed by atoms with Crippen LogP contribution in [0.25, 0.3) is 0 Å². The number of carbonyl (C=O) groups is 1. The lowest BCUT2D eigenvalue weighted by Gasteiger charge is -2.16. The Hall–Kier alpha value is -2.02. The maximum atomic E-state index is 11.1. The highest BCUT2D eigenvalue weighted by molar-refractivity contribution is 7.10. The number of aromatic nitrogens is 3. The van der Waals surface area contributed by atoms with E-state index >= 15 is 0 Å². The number of aryl methyl sites for hydroxylation is 1. The lowest BCUT2D eigenvalue weighted by Crippen LogP contribution is -2.15. The largest absolute Gasteiger partial charge is 0.346 e. The zero-order valence-corrected chi connectivity index (χ0v) is 12.5. The Morgan fingerprint density at radius 1 is 1.35 bits per heavy atom. The SMILES string of the molecule is CCC(Nc1nc(C)nc(NC(C)=O)n1)c1cccs1. The molecule has 2 heterocycles. The van der Waals surface area contributed by atoms with Gasteiger partial charge in [-0.2, -0.15) is 15.0 Å². The minimum absolute atomic E-state index is 0.155. The van der Waals surface area contributed by atoms with Crippen LogP contribution in [0, 0.1) is 6.92 Å². The number of anilines is 2. The van der Waals surface area contributed by atoms with E-state index in [1.807, 2.05) is 11.4 Å². The van der Waals surface area contributed by atoms with Gasteiger partial charge in [-0.15, -0.1) is 11.3 Å². The van der Waals surface area contributed by atoms with E-state index in [9.17, 15) is 4.79 Å². The molecule has 1 unspecified atom stereocenters. The Kier molecular flexibility index (Phi) is 4.62. The van der Waals surface area contributed by atoms with Crippen LogP contribution in [-0.2, 0) is 4.79 Å². The number of hydrogen-bond acceptors (Lipinski definition) is 6. The predicted octanol–water partition coefficient (Wildman–Crippen LogP) is 2.76. The van der Waals surface area contributed by atoms with Gasteiger partial charge in [-0.3, -0.25) is 10.1 Å². The van der Waals surface area contributed by atoms with Gasteiger partial charge in [0.1, 0.15) is 5.82 Å². The third kappa shape index (κ3) is 3.74. The minimum Gasteiger partial charge on any atom is -0.346 e. The van der Waals surface area contributed by atoms with E-state index in [1.165, 1.54) is 11.8 Å². The summed E-state index contributed by atoms with van der Waals surface area (Å²) in [6.45, 7) is 5.29. The van der Waals surface area contributed by atoms with Crippen LogP contribution in [0.4, 0.5) is 11.9 Å². The molecule has 6 nitrogen and oxygen atoms in total.